The van der Waals surface area contributed by atoms with E-state index in [1.807, 2.05) is 0 Å². The molecule has 0 aliphatic rings. The van der Waals surface area contributed by atoms with Crippen LogP contribution in [-0.4, -0.2) is 18.8 Å². The molecule has 0 aliphatic heterocycles. The van der Waals surface area contributed by atoms with Crippen molar-refractivity contribution in [2.24, 2.45) is 11.7 Å². The van der Waals surface area contributed by atoms with Crippen LogP contribution >= 0.6 is 0 Å². The van der Waals surface area contributed by atoms with Crippen LogP contribution in [0.4, 0.5) is 0 Å². The van der Waals surface area contributed by atoms with E-state index in [2.05, 4.69) is 27.7 Å². The van der Waals surface area contributed by atoms with Gasteiger partial charge in [0.15, 0.2) is 0 Å². The van der Waals surface area contributed by atoms with Crippen molar-refractivity contribution in [3.05, 3.63) is 0 Å². The Labute approximate surface area is 89.2 Å². The van der Waals surface area contributed by atoms with Gasteiger partial charge in [-0.25, -0.2) is 0 Å². The molecule has 0 heterocycles. The molecule has 0 aromatic heterocycles. The number of nitrogens with two attached hydrogens (primary N) is 1. The smallest absolute Gasteiger partial charge is 0.0637 e. The second-order valence-electron chi connectivity index (χ2n) is 5.06. The van der Waals surface area contributed by atoms with Crippen LogP contribution in [-0.2, 0) is 4.74 Å². The molecule has 2 nitrogen and oxygen atoms in total. The lowest BCUT2D eigenvalue weighted by Crippen LogP contribution is -2.34. The van der Waals surface area contributed by atoms with E-state index in [4.69, 9.17) is 10.5 Å². The van der Waals surface area contributed by atoms with Gasteiger partial charge in [-0.15, -0.1) is 0 Å². The predicted molar refractivity (Wildman–Crippen MR) is 62.4 cm³/mol. The monoisotopic (exact) mass is 201 g/mol. The van der Waals surface area contributed by atoms with Gasteiger partial charge in [-0.05, 0) is 32.6 Å². The molecule has 0 spiro atoms. The van der Waals surface area contributed by atoms with E-state index in [1.165, 1.54) is 12.8 Å². The Bertz CT molecular complexity index is 145. The molecule has 0 radical (unpaired) electrons. The number of methoxy groups -OCH3 is 1. The van der Waals surface area contributed by atoms with Crippen LogP contribution in [0.25, 0.3) is 0 Å². The quantitative estimate of drug-likeness (QED) is 0.687. The van der Waals surface area contributed by atoms with Crippen molar-refractivity contribution in [3.8, 4) is 0 Å². The molecule has 0 saturated heterocycles. The minimum atomic E-state index is -0.0780. The summed E-state index contributed by atoms with van der Waals surface area (Å²) in [4.78, 5) is 0. The van der Waals surface area contributed by atoms with Crippen LogP contribution < -0.4 is 5.73 Å². The Morgan fingerprint density at radius 3 is 2.36 bits per heavy atom. The summed E-state index contributed by atoms with van der Waals surface area (Å²) in [5.74, 6) is 0.739. The third-order valence-corrected chi connectivity index (χ3v) is 2.79. The van der Waals surface area contributed by atoms with E-state index in [0.29, 0.717) is 0 Å². The molecule has 0 bridgehead atoms. The van der Waals surface area contributed by atoms with Gasteiger partial charge in [0.25, 0.3) is 0 Å². The van der Waals surface area contributed by atoms with Gasteiger partial charge < -0.3 is 10.5 Å². The number of ether oxygens (including phenoxy) is 1. The van der Waals surface area contributed by atoms with Crippen LogP contribution in [0.3, 0.4) is 0 Å². The van der Waals surface area contributed by atoms with Gasteiger partial charge in [-0.3, -0.25) is 0 Å². The molecule has 86 valence electrons. The molecule has 0 rings (SSSR count). The van der Waals surface area contributed by atoms with Crippen molar-refractivity contribution in [1.29, 1.82) is 0 Å². The highest BCUT2D eigenvalue weighted by molar-refractivity contribution is 4.77. The van der Waals surface area contributed by atoms with Crippen LogP contribution in [0.5, 0.6) is 0 Å². The maximum Gasteiger partial charge on any atom is 0.0637 e. The Balaban J connectivity index is 3.79. The Morgan fingerprint density at radius 1 is 1.36 bits per heavy atom. The summed E-state index contributed by atoms with van der Waals surface area (Å²) in [5.41, 5.74) is 6.01. The standard InChI is InChI=1S/C12H27NO/c1-6-7-10(2)8-11(13)9-12(3,4)14-5/h10-11H,6-9,13H2,1-5H3. The molecule has 2 atom stereocenters. The summed E-state index contributed by atoms with van der Waals surface area (Å²) >= 11 is 0. The van der Waals surface area contributed by atoms with E-state index in [0.717, 1.165) is 18.8 Å². The minimum absolute atomic E-state index is 0.0780. The second kappa shape index (κ2) is 6.41. The van der Waals surface area contributed by atoms with Gasteiger partial charge in [0.1, 0.15) is 0 Å². The minimum Gasteiger partial charge on any atom is -0.379 e. The first-order chi connectivity index (χ1) is 6.41. The maximum atomic E-state index is 6.09. The number of rotatable bonds is 7. The van der Waals surface area contributed by atoms with E-state index in [1.54, 1.807) is 7.11 Å². The average Bonchev–Trinajstić information content (AvgIpc) is 2.03. The molecular weight excluding hydrogens is 174 g/mol. The highest BCUT2D eigenvalue weighted by Gasteiger charge is 2.21. The zero-order valence-corrected chi connectivity index (χ0v) is 10.5. The Morgan fingerprint density at radius 2 is 1.93 bits per heavy atom. The largest absolute Gasteiger partial charge is 0.379 e. The second-order valence-corrected chi connectivity index (χ2v) is 5.06. The summed E-state index contributed by atoms with van der Waals surface area (Å²) < 4.78 is 5.37. The summed E-state index contributed by atoms with van der Waals surface area (Å²) in [7, 11) is 1.75. The first-order valence-corrected chi connectivity index (χ1v) is 5.72. The summed E-state index contributed by atoms with van der Waals surface area (Å²) in [6.45, 7) is 8.69. The molecule has 0 aliphatic carbocycles. The lowest BCUT2D eigenvalue weighted by Gasteiger charge is -2.27. The number of hydrogen-bond donors (Lipinski definition) is 1. The van der Waals surface area contributed by atoms with Crippen molar-refractivity contribution < 1.29 is 4.74 Å². The molecule has 2 heteroatoms. The van der Waals surface area contributed by atoms with Crippen molar-refractivity contribution >= 4 is 0 Å². The molecule has 2 N–H and O–H groups in total. The van der Waals surface area contributed by atoms with E-state index < -0.39 is 0 Å². The van der Waals surface area contributed by atoms with Gasteiger partial charge >= 0.3 is 0 Å². The fraction of sp³-hybridized carbons (Fsp3) is 1.00. The molecule has 0 aromatic rings. The topological polar surface area (TPSA) is 35.2 Å². The highest BCUT2D eigenvalue weighted by Crippen LogP contribution is 2.20. The third-order valence-electron chi connectivity index (χ3n) is 2.79. The van der Waals surface area contributed by atoms with E-state index >= 15 is 0 Å². The lowest BCUT2D eigenvalue weighted by atomic mass is 9.91. The molecule has 14 heavy (non-hydrogen) atoms. The van der Waals surface area contributed by atoms with E-state index in [-0.39, 0.29) is 11.6 Å². The van der Waals surface area contributed by atoms with Crippen LogP contribution in [0, 0.1) is 5.92 Å². The van der Waals surface area contributed by atoms with Gasteiger partial charge in [-0.1, -0.05) is 26.7 Å². The SMILES string of the molecule is CCCC(C)CC(N)CC(C)(C)OC. The Kier molecular flexibility index (Phi) is 6.38. The highest BCUT2D eigenvalue weighted by atomic mass is 16.5. The average molecular weight is 201 g/mol. The Hall–Kier alpha value is -0.0800. The van der Waals surface area contributed by atoms with Gasteiger partial charge in [0.05, 0.1) is 5.60 Å². The summed E-state index contributed by atoms with van der Waals surface area (Å²) in [5, 5.41) is 0. The molecule has 0 amide bonds. The van der Waals surface area contributed by atoms with Crippen LogP contribution in [0.1, 0.15) is 53.4 Å². The molecular formula is C12H27NO. The zero-order valence-electron chi connectivity index (χ0n) is 10.5. The first kappa shape index (κ1) is 13.9. The third kappa shape index (κ3) is 6.39. The van der Waals surface area contributed by atoms with Gasteiger partial charge in [0.2, 0.25) is 0 Å². The lowest BCUT2D eigenvalue weighted by molar-refractivity contribution is 0.00851. The maximum absolute atomic E-state index is 6.09. The fourth-order valence-corrected chi connectivity index (χ4v) is 1.93. The summed E-state index contributed by atoms with van der Waals surface area (Å²) in [6.07, 6.45) is 4.58. The van der Waals surface area contributed by atoms with Crippen molar-refractivity contribution in [2.75, 3.05) is 7.11 Å². The fourth-order valence-electron chi connectivity index (χ4n) is 1.93. The van der Waals surface area contributed by atoms with Crippen LogP contribution in [0.2, 0.25) is 0 Å². The van der Waals surface area contributed by atoms with Crippen molar-refractivity contribution in [2.45, 2.75) is 65.0 Å². The normalized spacial score (nSPS) is 16.7. The molecule has 0 fully saturated rings. The first-order valence-electron chi connectivity index (χ1n) is 5.72. The van der Waals surface area contributed by atoms with Gasteiger partial charge in [0, 0.05) is 13.2 Å². The predicted octanol–water partition coefficient (Wildman–Crippen LogP) is 2.96. The van der Waals surface area contributed by atoms with Gasteiger partial charge in [-0.2, -0.15) is 0 Å². The molecule has 0 saturated carbocycles. The van der Waals surface area contributed by atoms with Crippen LogP contribution in [0.15, 0.2) is 0 Å². The zero-order chi connectivity index (χ0) is 11.2. The molecule has 2 unspecified atom stereocenters. The van der Waals surface area contributed by atoms with Crippen molar-refractivity contribution in [3.63, 3.8) is 0 Å². The molecule has 0 aromatic carbocycles. The number of hydrogen-bond acceptors (Lipinski definition) is 2. The van der Waals surface area contributed by atoms with E-state index in [9.17, 15) is 0 Å². The van der Waals surface area contributed by atoms with Crippen molar-refractivity contribution in [1.82, 2.24) is 0 Å². The summed E-state index contributed by atoms with van der Waals surface area (Å²) in [6, 6.07) is 0.270.